The summed E-state index contributed by atoms with van der Waals surface area (Å²) in [6.07, 6.45) is 0. The van der Waals surface area contributed by atoms with Gasteiger partial charge in [-0.1, -0.05) is 0 Å². The number of rotatable bonds is 3. The van der Waals surface area contributed by atoms with Crippen molar-refractivity contribution in [1.29, 1.82) is 5.26 Å². The minimum Gasteiger partial charge on any atom is -0.496 e. The molecule has 0 saturated carbocycles. The quantitative estimate of drug-likeness (QED) is 0.611. The van der Waals surface area contributed by atoms with Gasteiger partial charge in [0, 0.05) is 5.69 Å². The first kappa shape index (κ1) is 10.7. The largest absolute Gasteiger partial charge is 0.496 e. The number of anilines is 1. The van der Waals surface area contributed by atoms with E-state index in [-0.39, 0.29) is 5.25 Å². The molecule has 0 aliphatic carbocycles. The normalized spacial score (nSPS) is 11.8. The van der Waals surface area contributed by atoms with Crippen LogP contribution < -0.4 is 10.5 Å². The molecule has 0 heterocycles. The number of benzene rings is 1. The van der Waals surface area contributed by atoms with Crippen LogP contribution in [-0.4, -0.2) is 12.4 Å². The number of ether oxygens (including phenoxy) is 1. The Hall–Kier alpha value is -1.34. The SMILES string of the molecule is COc1ccc(N)cc1SC(C)C#N. The third kappa shape index (κ3) is 2.57. The first-order valence-corrected chi connectivity index (χ1v) is 5.05. The highest BCUT2D eigenvalue weighted by Gasteiger charge is 2.08. The zero-order chi connectivity index (χ0) is 10.6. The summed E-state index contributed by atoms with van der Waals surface area (Å²) in [4.78, 5) is 0.904. The molecule has 1 atom stereocenters. The molecule has 0 aliphatic rings. The molecule has 0 bridgehead atoms. The summed E-state index contributed by atoms with van der Waals surface area (Å²) in [6, 6.07) is 7.55. The van der Waals surface area contributed by atoms with Gasteiger partial charge in [0.1, 0.15) is 5.75 Å². The summed E-state index contributed by atoms with van der Waals surface area (Å²) in [5, 5.41) is 8.58. The van der Waals surface area contributed by atoms with E-state index in [1.54, 1.807) is 13.2 Å². The molecule has 1 aromatic rings. The zero-order valence-electron chi connectivity index (χ0n) is 8.15. The lowest BCUT2D eigenvalue weighted by Crippen LogP contribution is -1.94. The number of hydrogen-bond donors (Lipinski definition) is 1. The molecule has 0 radical (unpaired) electrons. The monoisotopic (exact) mass is 208 g/mol. The molecule has 1 rings (SSSR count). The average Bonchev–Trinajstić information content (AvgIpc) is 2.18. The van der Waals surface area contributed by atoms with Crippen LogP contribution in [0.3, 0.4) is 0 Å². The Kier molecular flexibility index (Phi) is 3.66. The van der Waals surface area contributed by atoms with Crippen LogP contribution in [-0.2, 0) is 0 Å². The molecule has 0 aromatic heterocycles. The molecular formula is C10H12N2OS. The smallest absolute Gasteiger partial charge is 0.132 e. The van der Waals surface area contributed by atoms with Gasteiger partial charge in [-0.05, 0) is 25.1 Å². The van der Waals surface area contributed by atoms with Crippen LogP contribution in [0.5, 0.6) is 5.75 Å². The predicted molar refractivity (Wildman–Crippen MR) is 58.3 cm³/mol. The number of thioether (sulfide) groups is 1. The van der Waals surface area contributed by atoms with Gasteiger partial charge >= 0.3 is 0 Å². The van der Waals surface area contributed by atoms with Gasteiger partial charge in [0.15, 0.2) is 0 Å². The van der Waals surface area contributed by atoms with Crippen LogP contribution in [0.25, 0.3) is 0 Å². The lowest BCUT2D eigenvalue weighted by Gasteiger charge is -2.09. The van der Waals surface area contributed by atoms with E-state index >= 15 is 0 Å². The van der Waals surface area contributed by atoms with Crippen LogP contribution in [0.1, 0.15) is 6.92 Å². The average molecular weight is 208 g/mol. The van der Waals surface area contributed by atoms with Crippen molar-refractivity contribution in [3.63, 3.8) is 0 Å². The van der Waals surface area contributed by atoms with Gasteiger partial charge in [-0.15, -0.1) is 11.8 Å². The van der Waals surface area contributed by atoms with E-state index in [2.05, 4.69) is 6.07 Å². The lowest BCUT2D eigenvalue weighted by molar-refractivity contribution is 0.405. The Morgan fingerprint density at radius 3 is 2.86 bits per heavy atom. The molecule has 0 spiro atoms. The summed E-state index contributed by atoms with van der Waals surface area (Å²) in [7, 11) is 1.60. The number of nitrogen functional groups attached to an aromatic ring is 1. The highest BCUT2D eigenvalue weighted by atomic mass is 32.2. The molecular weight excluding hydrogens is 196 g/mol. The van der Waals surface area contributed by atoms with Crippen LogP contribution >= 0.6 is 11.8 Å². The third-order valence-electron chi connectivity index (χ3n) is 1.67. The molecule has 0 fully saturated rings. The van der Waals surface area contributed by atoms with Gasteiger partial charge in [0.25, 0.3) is 0 Å². The van der Waals surface area contributed by atoms with Crippen molar-refractivity contribution in [2.24, 2.45) is 0 Å². The fourth-order valence-corrected chi connectivity index (χ4v) is 1.91. The molecule has 0 amide bonds. The van der Waals surface area contributed by atoms with E-state index in [4.69, 9.17) is 15.7 Å². The maximum atomic E-state index is 8.69. The Morgan fingerprint density at radius 1 is 1.57 bits per heavy atom. The Bertz CT molecular complexity index is 360. The van der Waals surface area contributed by atoms with Crippen molar-refractivity contribution in [2.75, 3.05) is 12.8 Å². The topological polar surface area (TPSA) is 59.0 Å². The van der Waals surface area contributed by atoms with Crippen LogP contribution in [0.15, 0.2) is 23.1 Å². The van der Waals surface area contributed by atoms with E-state index in [1.807, 2.05) is 19.1 Å². The minimum absolute atomic E-state index is 0.106. The van der Waals surface area contributed by atoms with E-state index < -0.39 is 0 Å². The van der Waals surface area contributed by atoms with Gasteiger partial charge in [-0.25, -0.2) is 0 Å². The molecule has 74 valence electrons. The standard InChI is InChI=1S/C10H12N2OS/c1-7(6-11)14-10-5-8(12)3-4-9(10)13-2/h3-5,7H,12H2,1-2H3. The molecule has 0 aliphatic heterocycles. The Morgan fingerprint density at radius 2 is 2.29 bits per heavy atom. The van der Waals surface area contributed by atoms with Crippen LogP contribution in [0, 0.1) is 11.3 Å². The highest BCUT2D eigenvalue weighted by Crippen LogP contribution is 2.33. The summed E-state index contributed by atoms with van der Waals surface area (Å²) in [5.74, 6) is 0.756. The highest BCUT2D eigenvalue weighted by molar-refractivity contribution is 8.00. The predicted octanol–water partition coefficient (Wildman–Crippen LogP) is 2.28. The maximum Gasteiger partial charge on any atom is 0.132 e. The number of nitrogens with zero attached hydrogens (tertiary/aromatic N) is 1. The van der Waals surface area contributed by atoms with E-state index in [9.17, 15) is 0 Å². The molecule has 3 nitrogen and oxygen atoms in total. The molecule has 1 aromatic carbocycles. The van der Waals surface area contributed by atoms with E-state index in [1.165, 1.54) is 11.8 Å². The van der Waals surface area contributed by atoms with E-state index in [0.717, 1.165) is 10.6 Å². The summed E-state index contributed by atoms with van der Waals surface area (Å²) < 4.78 is 5.16. The van der Waals surface area contributed by atoms with Gasteiger partial charge in [0.2, 0.25) is 0 Å². The Labute approximate surface area is 87.9 Å². The molecule has 14 heavy (non-hydrogen) atoms. The fourth-order valence-electron chi connectivity index (χ4n) is 1.00. The summed E-state index contributed by atoms with van der Waals surface area (Å²) >= 11 is 1.44. The van der Waals surface area contributed by atoms with Gasteiger partial charge in [-0.2, -0.15) is 5.26 Å². The van der Waals surface area contributed by atoms with Crippen molar-refractivity contribution in [1.82, 2.24) is 0 Å². The first-order chi connectivity index (χ1) is 6.67. The van der Waals surface area contributed by atoms with Crippen molar-refractivity contribution in [2.45, 2.75) is 17.1 Å². The van der Waals surface area contributed by atoms with Crippen LogP contribution in [0.2, 0.25) is 0 Å². The first-order valence-electron chi connectivity index (χ1n) is 4.17. The van der Waals surface area contributed by atoms with Crippen LogP contribution in [0.4, 0.5) is 5.69 Å². The minimum atomic E-state index is -0.106. The molecule has 1 unspecified atom stereocenters. The van der Waals surface area contributed by atoms with Crippen molar-refractivity contribution < 1.29 is 4.74 Å². The van der Waals surface area contributed by atoms with Crippen molar-refractivity contribution in [3.05, 3.63) is 18.2 Å². The lowest BCUT2D eigenvalue weighted by atomic mass is 10.3. The maximum absolute atomic E-state index is 8.69. The number of nitrogens with two attached hydrogens (primary N) is 1. The number of nitriles is 1. The van der Waals surface area contributed by atoms with Gasteiger partial charge in [-0.3, -0.25) is 0 Å². The van der Waals surface area contributed by atoms with Gasteiger partial charge < -0.3 is 10.5 Å². The second kappa shape index (κ2) is 4.77. The second-order valence-electron chi connectivity index (χ2n) is 2.80. The number of hydrogen-bond acceptors (Lipinski definition) is 4. The second-order valence-corrected chi connectivity index (χ2v) is 4.18. The Balaban J connectivity index is 2.94. The molecule has 2 N–H and O–H groups in total. The van der Waals surface area contributed by atoms with E-state index in [0.29, 0.717) is 5.69 Å². The molecule has 0 saturated heterocycles. The third-order valence-corrected chi connectivity index (χ3v) is 2.71. The van der Waals surface area contributed by atoms with Crippen molar-refractivity contribution >= 4 is 17.4 Å². The number of methoxy groups -OCH3 is 1. The zero-order valence-corrected chi connectivity index (χ0v) is 8.97. The van der Waals surface area contributed by atoms with Crippen molar-refractivity contribution in [3.8, 4) is 11.8 Å². The summed E-state index contributed by atoms with van der Waals surface area (Å²) in [6.45, 7) is 1.84. The molecule has 4 heteroatoms. The van der Waals surface area contributed by atoms with Gasteiger partial charge in [0.05, 0.1) is 23.3 Å². The fraction of sp³-hybridized carbons (Fsp3) is 0.300. The summed E-state index contributed by atoms with van der Waals surface area (Å²) in [5.41, 5.74) is 6.33.